The van der Waals surface area contributed by atoms with Crippen LogP contribution in [0.5, 0.6) is 0 Å². The van der Waals surface area contributed by atoms with E-state index in [-0.39, 0.29) is 10.7 Å². The van der Waals surface area contributed by atoms with Crippen molar-refractivity contribution in [2.45, 2.75) is 40.7 Å². The first-order valence-corrected chi connectivity index (χ1v) is 13.5. The number of allylic oxidation sites excluding steroid dienone is 3. The molecule has 0 saturated heterocycles. The van der Waals surface area contributed by atoms with Gasteiger partial charge in [-0.3, -0.25) is 5.41 Å². The summed E-state index contributed by atoms with van der Waals surface area (Å²) in [4.78, 5) is 13.9. The van der Waals surface area contributed by atoms with Crippen molar-refractivity contribution >= 4 is 50.3 Å². The molecule has 1 aliphatic rings. The van der Waals surface area contributed by atoms with Crippen molar-refractivity contribution < 1.29 is 17.9 Å². The van der Waals surface area contributed by atoms with Crippen LogP contribution in [0.2, 0.25) is 0 Å². The molecular weight excluding hydrogens is 464 g/mol. The maximum Gasteiger partial charge on any atom is 0.332 e. The predicted molar refractivity (Wildman–Crippen MR) is 131 cm³/mol. The van der Waals surface area contributed by atoms with Crippen LogP contribution in [0.15, 0.2) is 63.7 Å². The first kappa shape index (κ1) is 24.3. The minimum atomic E-state index is -4.28. The van der Waals surface area contributed by atoms with Gasteiger partial charge in [-0.05, 0) is 37.3 Å². The largest absolute Gasteiger partial charge is 0.462 e. The Balaban J connectivity index is 2.26. The number of nitrogen functional groups attached to an aromatic ring is 1. The summed E-state index contributed by atoms with van der Waals surface area (Å²) in [5, 5.41) is 7.75. The number of rotatable bonds is 7. The molecule has 170 valence electrons. The molecule has 0 spiro atoms. The second kappa shape index (κ2) is 9.25. The Labute approximate surface area is 197 Å². The van der Waals surface area contributed by atoms with Crippen LogP contribution < -0.4 is 5.73 Å². The smallest absolute Gasteiger partial charge is 0.332 e. The van der Waals surface area contributed by atoms with E-state index in [1.165, 1.54) is 23.9 Å². The van der Waals surface area contributed by atoms with E-state index in [0.717, 1.165) is 22.5 Å². The third-order valence-corrected chi connectivity index (χ3v) is 10.4. The third kappa shape index (κ3) is 4.04. The lowest BCUT2D eigenvalue weighted by Gasteiger charge is -2.37. The van der Waals surface area contributed by atoms with E-state index in [1.807, 2.05) is 36.4 Å². The summed E-state index contributed by atoms with van der Waals surface area (Å²) in [6, 6.07) is 10.8. The Bertz CT molecular complexity index is 1200. The third-order valence-electron chi connectivity index (χ3n) is 5.35. The van der Waals surface area contributed by atoms with Crippen LogP contribution in [0.3, 0.4) is 0 Å². The Morgan fingerprint density at radius 3 is 2.50 bits per heavy atom. The van der Waals surface area contributed by atoms with E-state index >= 15 is 0 Å². The van der Waals surface area contributed by atoms with Gasteiger partial charge in [0.15, 0.2) is 4.75 Å². The number of amidine groups is 1. The maximum atomic E-state index is 14.2. The number of benzene rings is 1. The highest BCUT2D eigenvalue weighted by Gasteiger charge is 2.57. The van der Waals surface area contributed by atoms with Gasteiger partial charge in [0.05, 0.1) is 20.1 Å². The number of esters is 1. The lowest BCUT2D eigenvalue weighted by Crippen LogP contribution is -2.52. The molecule has 1 aromatic heterocycles. The quantitative estimate of drug-likeness (QED) is 0.256. The molecule has 3 rings (SSSR count). The molecule has 2 aromatic rings. The summed E-state index contributed by atoms with van der Waals surface area (Å²) in [7, 11) is -4.28. The zero-order valence-corrected chi connectivity index (χ0v) is 20.7. The van der Waals surface area contributed by atoms with Gasteiger partial charge in [0, 0.05) is 5.92 Å². The van der Waals surface area contributed by atoms with E-state index in [1.54, 1.807) is 33.1 Å². The normalized spacial score (nSPS) is 20.8. The Hall–Kier alpha value is -2.36. The number of thiophene rings is 1. The van der Waals surface area contributed by atoms with Crippen molar-refractivity contribution in [1.29, 1.82) is 5.41 Å². The molecule has 2 atom stereocenters. The summed E-state index contributed by atoms with van der Waals surface area (Å²) in [5.41, 5.74) is 7.19. The zero-order chi connectivity index (χ0) is 23.7. The highest BCUT2D eigenvalue weighted by Crippen LogP contribution is 2.47. The van der Waals surface area contributed by atoms with Gasteiger partial charge in [-0.25, -0.2) is 13.2 Å². The van der Waals surface area contributed by atoms with Crippen LogP contribution in [0.25, 0.3) is 5.57 Å². The fourth-order valence-corrected chi connectivity index (χ4v) is 8.37. The van der Waals surface area contributed by atoms with Gasteiger partial charge in [-0.15, -0.1) is 23.1 Å². The lowest BCUT2D eigenvalue weighted by molar-refractivity contribution is -0.150. The monoisotopic (exact) mass is 490 g/mol. The second-order valence-corrected chi connectivity index (χ2v) is 11.9. The summed E-state index contributed by atoms with van der Waals surface area (Å²) in [6.45, 7) is 5.11. The SMILES string of the molecule is CSc1sc(C(=N)N)cc1S(=O)(=O)C1(C(=O)OC(C)C)C=CC=C(c2ccccc2)C1C. The van der Waals surface area contributed by atoms with Crippen LogP contribution in [-0.2, 0) is 19.4 Å². The van der Waals surface area contributed by atoms with Crippen molar-refractivity contribution in [3.05, 3.63) is 65.1 Å². The van der Waals surface area contributed by atoms with Crippen LogP contribution in [0.1, 0.15) is 31.2 Å². The number of hydrogen-bond acceptors (Lipinski definition) is 7. The van der Waals surface area contributed by atoms with Crippen molar-refractivity contribution in [3.8, 4) is 0 Å². The van der Waals surface area contributed by atoms with Crippen molar-refractivity contribution in [3.63, 3.8) is 0 Å². The Morgan fingerprint density at radius 2 is 1.94 bits per heavy atom. The molecule has 0 amide bonds. The van der Waals surface area contributed by atoms with Crippen LogP contribution in [-0.4, -0.2) is 37.3 Å². The molecule has 32 heavy (non-hydrogen) atoms. The first-order chi connectivity index (χ1) is 15.1. The fraction of sp³-hybridized carbons (Fsp3) is 0.304. The van der Waals surface area contributed by atoms with E-state index in [4.69, 9.17) is 15.9 Å². The number of nitrogens with two attached hydrogens (primary N) is 1. The minimum Gasteiger partial charge on any atom is -0.462 e. The van der Waals surface area contributed by atoms with Crippen molar-refractivity contribution in [2.75, 3.05) is 6.26 Å². The summed E-state index contributed by atoms with van der Waals surface area (Å²) < 4.78 is 32.5. The van der Waals surface area contributed by atoms with Crippen LogP contribution in [0, 0.1) is 11.3 Å². The predicted octanol–water partition coefficient (Wildman–Crippen LogP) is 4.51. The highest BCUT2D eigenvalue weighted by atomic mass is 32.2. The zero-order valence-electron chi connectivity index (χ0n) is 18.3. The van der Waals surface area contributed by atoms with Gasteiger partial charge in [-0.2, -0.15) is 0 Å². The van der Waals surface area contributed by atoms with Crippen molar-refractivity contribution in [2.24, 2.45) is 11.7 Å². The average molecular weight is 491 g/mol. The van der Waals surface area contributed by atoms with E-state index < -0.39 is 32.6 Å². The van der Waals surface area contributed by atoms with E-state index in [0.29, 0.717) is 9.09 Å². The first-order valence-electron chi connectivity index (χ1n) is 9.99. The molecule has 6 nitrogen and oxygen atoms in total. The van der Waals surface area contributed by atoms with E-state index in [2.05, 4.69) is 0 Å². The molecule has 0 saturated carbocycles. The summed E-state index contributed by atoms with van der Waals surface area (Å²) in [6.07, 6.45) is 6.14. The molecule has 0 bridgehead atoms. The summed E-state index contributed by atoms with van der Waals surface area (Å²) in [5.74, 6) is -1.76. The highest BCUT2D eigenvalue weighted by molar-refractivity contribution is 8.01. The van der Waals surface area contributed by atoms with Gasteiger partial charge in [0.25, 0.3) is 0 Å². The van der Waals surface area contributed by atoms with Crippen LogP contribution in [0.4, 0.5) is 0 Å². The van der Waals surface area contributed by atoms with Crippen molar-refractivity contribution in [1.82, 2.24) is 0 Å². The number of carbonyl (C=O) groups excluding carboxylic acids is 1. The number of ether oxygens (including phenoxy) is 1. The molecule has 1 heterocycles. The number of sulfone groups is 1. The molecule has 0 aliphatic heterocycles. The van der Waals surface area contributed by atoms with E-state index in [9.17, 15) is 13.2 Å². The summed E-state index contributed by atoms with van der Waals surface area (Å²) >= 11 is 2.37. The lowest BCUT2D eigenvalue weighted by atomic mass is 9.79. The standard InChI is InChI=1S/C23H26N2O4S3/c1-14(2)29-22(26)23(12-8-11-17(15(23)3)16-9-6-5-7-10-16)32(27,28)19-13-18(20(24)25)31-21(19)30-4/h5-15H,1-4H3,(H3,24,25). The molecule has 0 radical (unpaired) electrons. The molecule has 1 aromatic carbocycles. The maximum absolute atomic E-state index is 14.2. The molecule has 3 N–H and O–H groups in total. The molecule has 0 fully saturated rings. The fourth-order valence-electron chi connectivity index (χ4n) is 3.78. The van der Waals surface area contributed by atoms with Gasteiger partial charge < -0.3 is 10.5 Å². The minimum absolute atomic E-state index is 0.00767. The van der Waals surface area contributed by atoms with Gasteiger partial charge in [0.1, 0.15) is 5.84 Å². The molecule has 2 unspecified atom stereocenters. The number of hydrogen-bond donors (Lipinski definition) is 2. The molecule has 1 aliphatic carbocycles. The van der Waals surface area contributed by atoms with Gasteiger partial charge >= 0.3 is 5.97 Å². The average Bonchev–Trinajstić information content (AvgIpc) is 3.19. The molecule has 9 heteroatoms. The second-order valence-electron chi connectivity index (χ2n) is 7.70. The number of thioether (sulfide) groups is 1. The number of carbonyl (C=O) groups is 1. The van der Waals surface area contributed by atoms with Gasteiger partial charge in [0.2, 0.25) is 9.84 Å². The Kier molecular flexibility index (Phi) is 7.02. The topological polar surface area (TPSA) is 110 Å². The number of nitrogens with one attached hydrogen (secondary N) is 1. The Morgan fingerprint density at radius 1 is 1.28 bits per heavy atom. The van der Waals surface area contributed by atoms with Crippen LogP contribution >= 0.6 is 23.1 Å². The molecular formula is C23H26N2O4S3. The van der Waals surface area contributed by atoms with Gasteiger partial charge in [-0.1, -0.05) is 55.5 Å².